The molecule has 0 saturated carbocycles. The number of nitrogens with one attached hydrogen (secondary N) is 1. The quantitative estimate of drug-likeness (QED) is 0.0261. The summed E-state index contributed by atoms with van der Waals surface area (Å²) in [4.78, 5) is 13.1. The molecule has 9 nitrogen and oxygen atoms in total. The summed E-state index contributed by atoms with van der Waals surface area (Å²) in [6.45, 7) is 3.85. The Morgan fingerprint density at radius 2 is 0.776 bits per heavy atom. The summed E-state index contributed by atoms with van der Waals surface area (Å²) in [5.41, 5.74) is 0. The molecule has 1 fully saturated rings. The fraction of sp³-hybridized carbons (Fsp3) is 0.896. The molecule has 0 aromatic carbocycles. The number of aliphatic hydroxyl groups excluding tert-OH is 5. The molecule has 448 valence electrons. The molecule has 9 heteroatoms. The summed E-state index contributed by atoms with van der Waals surface area (Å²) in [7, 11) is 0. The normalized spacial score (nSPS) is 19.0. The predicted octanol–water partition coefficient (Wildman–Crippen LogP) is 17.5. The maximum absolute atomic E-state index is 13.1. The number of ether oxygens (including phenoxy) is 2. The highest BCUT2D eigenvalue weighted by molar-refractivity contribution is 5.76. The zero-order valence-corrected chi connectivity index (χ0v) is 50.0. The van der Waals surface area contributed by atoms with Gasteiger partial charge >= 0.3 is 0 Å². The molecule has 1 rings (SSSR count). The first kappa shape index (κ1) is 72.4. The minimum Gasteiger partial charge on any atom is -0.394 e. The standard InChI is InChI=1S/C67H127NO8/c1-3-5-7-9-11-13-15-17-19-20-21-22-23-24-25-26-27-28-29-30-31-32-33-34-35-36-37-38-39-40-41-42-43-45-47-49-51-53-55-57-63(71)68-60(59-75-67-66(74)65(73)64(72)62(58-69)76-67)61(70)56-54-52-50-48-46-44-18-16-14-12-10-8-6-4-2/h15,17,20-21,23-24,60-62,64-67,69-70,72-74H,3-14,16,18-19,22,25-59H2,1-2H3,(H,68,71)/b17-15-,21-20-,24-23-. The maximum Gasteiger partial charge on any atom is 0.220 e. The Morgan fingerprint density at radius 1 is 0.447 bits per heavy atom. The highest BCUT2D eigenvalue weighted by atomic mass is 16.7. The van der Waals surface area contributed by atoms with Crippen LogP contribution in [-0.2, 0) is 14.3 Å². The van der Waals surface area contributed by atoms with Crippen LogP contribution in [0.1, 0.15) is 328 Å². The summed E-state index contributed by atoms with van der Waals surface area (Å²) < 4.78 is 11.3. The Kier molecular flexibility index (Phi) is 54.0. The van der Waals surface area contributed by atoms with E-state index in [-0.39, 0.29) is 12.5 Å². The predicted molar refractivity (Wildman–Crippen MR) is 323 cm³/mol. The third-order valence-electron chi connectivity index (χ3n) is 16.0. The lowest BCUT2D eigenvalue weighted by atomic mass is 9.99. The maximum atomic E-state index is 13.1. The second-order valence-corrected chi connectivity index (χ2v) is 23.3. The van der Waals surface area contributed by atoms with Gasteiger partial charge in [-0.15, -0.1) is 0 Å². The van der Waals surface area contributed by atoms with Crippen LogP contribution >= 0.6 is 0 Å². The van der Waals surface area contributed by atoms with E-state index in [1.165, 1.54) is 250 Å². The van der Waals surface area contributed by atoms with E-state index >= 15 is 0 Å². The van der Waals surface area contributed by atoms with Crippen LogP contribution in [0, 0.1) is 0 Å². The highest BCUT2D eigenvalue weighted by Crippen LogP contribution is 2.24. The lowest BCUT2D eigenvalue weighted by molar-refractivity contribution is -0.302. The zero-order chi connectivity index (χ0) is 55.0. The van der Waals surface area contributed by atoms with Crippen molar-refractivity contribution in [3.63, 3.8) is 0 Å². The first-order chi connectivity index (χ1) is 37.3. The number of carbonyl (C=O) groups is 1. The SMILES string of the molecule is CCCCCCC/C=C\C/C=C\C/C=C\CCCCCCCCCCCCCCCCCCCCCCCCCCC(=O)NC(COC1OC(CO)C(O)C(O)C1O)C(O)CCCCCCCCCCCCCCCC. The van der Waals surface area contributed by atoms with Crippen molar-refractivity contribution in [2.45, 2.75) is 371 Å². The molecule has 1 heterocycles. The van der Waals surface area contributed by atoms with Crippen LogP contribution in [0.25, 0.3) is 0 Å². The molecule has 6 N–H and O–H groups in total. The van der Waals surface area contributed by atoms with Crippen LogP contribution in [0.3, 0.4) is 0 Å². The third kappa shape index (κ3) is 45.2. The molecule has 7 atom stereocenters. The van der Waals surface area contributed by atoms with Gasteiger partial charge in [-0.3, -0.25) is 4.79 Å². The molecular weight excluding hydrogens is 947 g/mol. The van der Waals surface area contributed by atoms with Gasteiger partial charge in [0.15, 0.2) is 6.29 Å². The van der Waals surface area contributed by atoms with Crippen molar-refractivity contribution < 1.29 is 39.8 Å². The number of allylic oxidation sites excluding steroid dienone is 6. The molecule has 7 unspecified atom stereocenters. The summed E-state index contributed by atoms with van der Waals surface area (Å²) in [5, 5.41) is 54.7. The van der Waals surface area contributed by atoms with Crippen molar-refractivity contribution in [2.24, 2.45) is 0 Å². The van der Waals surface area contributed by atoms with Gasteiger partial charge in [0.1, 0.15) is 24.4 Å². The number of amides is 1. The number of rotatable bonds is 58. The van der Waals surface area contributed by atoms with Crippen molar-refractivity contribution in [1.29, 1.82) is 0 Å². The minimum atomic E-state index is -1.55. The molecule has 0 aromatic rings. The van der Waals surface area contributed by atoms with E-state index in [0.717, 1.165) is 51.4 Å². The van der Waals surface area contributed by atoms with E-state index in [0.29, 0.717) is 12.8 Å². The van der Waals surface area contributed by atoms with Gasteiger partial charge in [0.05, 0.1) is 25.4 Å². The Hall–Kier alpha value is -1.59. The zero-order valence-electron chi connectivity index (χ0n) is 50.0. The fourth-order valence-electron chi connectivity index (χ4n) is 10.8. The van der Waals surface area contributed by atoms with Gasteiger partial charge in [0, 0.05) is 6.42 Å². The molecule has 0 radical (unpaired) electrons. The monoisotopic (exact) mass is 1070 g/mol. The lowest BCUT2D eigenvalue weighted by Gasteiger charge is -2.40. The molecule has 1 aliphatic heterocycles. The van der Waals surface area contributed by atoms with Gasteiger partial charge in [0.25, 0.3) is 0 Å². The van der Waals surface area contributed by atoms with Crippen LogP contribution < -0.4 is 5.32 Å². The molecule has 1 amide bonds. The van der Waals surface area contributed by atoms with Crippen molar-refractivity contribution in [1.82, 2.24) is 5.32 Å². The summed E-state index contributed by atoms with van der Waals surface area (Å²) in [6, 6.07) is -0.716. The van der Waals surface area contributed by atoms with Gasteiger partial charge in [-0.25, -0.2) is 0 Å². The van der Waals surface area contributed by atoms with E-state index in [1.807, 2.05) is 0 Å². The summed E-state index contributed by atoms with van der Waals surface area (Å²) in [6.07, 6.45) is 67.9. The van der Waals surface area contributed by atoms with Gasteiger partial charge in [-0.1, -0.05) is 307 Å². The Labute approximate surface area is 470 Å². The van der Waals surface area contributed by atoms with Crippen molar-refractivity contribution in [2.75, 3.05) is 13.2 Å². The Balaban J connectivity index is 2.02. The van der Waals surface area contributed by atoms with Gasteiger partial charge in [-0.2, -0.15) is 0 Å². The Morgan fingerprint density at radius 3 is 1.14 bits per heavy atom. The number of hydrogen-bond acceptors (Lipinski definition) is 8. The minimum absolute atomic E-state index is 0.134. The number of unbranched alkanes of at least 4 members (excludes halogenated alkanes) is 42. The third-order valence-corrected chi connectivity index (χ3v) is 16.0. The highest BCUT2D eigenvalue weighted by Gasteiger charge is 2.44. The average Bonchev–Trinajstić information content (AvgIpc) is 3.42. The van der Waals surface area contributed by atoms with E-state index in [4.69, 9.17) is 9.47 Å². The van der Waals surface area contributed by atoms with Gasteiger partial charge in [0.2, 0.25) is 5.91 Å². The molecular formula is C67H127NO8. The van der Waals surface area contributed by atoms with Crippen molar-refractivity contribution in [3.8, 4) is 0 Å². The van der Waals surface area contributed by atoms with Crippen molar-refractivity contribution in [3.05, 3.63) is 36.5 Å². The molecule has 0 aliphatic carbocycles. The second kappa shape index (κ2) is 56.7. The van der Waals surface area contributed by atoms with Gasteiger partial charge < -0.3 is 40.3 Å². The fourth-order valence-corrected chi connectivity index (χ4v) is 10.8. The van der Waals surface area contributed by atoms with Crippen LogP contribution in [0.5, 0.6) is 0 Å². The van der Waals surface area contributed by atoms with E-state index < -0.39 is 49.5 Å². The largest absolute Gasteiger partial charge is 0.394 e. The van der Waals surface area contributed by atoms with E-state index in [9.17, 15) is 30.3 Å². The van der Waals surface area contributed by atoms with Crippen LogP contribution in [-0.4, -0.2) is 87.5 Å². The average molecular weight is 1070 g/mol. The Bertz CT molecular complexity index is 1290. The second-order valence-electron chi connectivity index (χ2n) is 23.3. The molecule has 0 spiro atoms. The van der Waals surface area contributed by atoms with E-state index in [1.54, 1.807) is 0 Å². The summed E-state index contributed by atoms with van der Waals surface area (Å²) >= 11 is 0. The molecule has 1 saturated heterocycles. The first-order valence-electron chi connectivity index (χ1n) is 33.2. The van der Waals surface area contributed by atoms with Gasteiger partial charge in [-0.05, 0) is 51.4 Å². The molecule has 1 aliphatic rings. The van der Waals surface area contributed by atoms with Crippen LogP contribution in [0.2, 0.25) is 0 Å². The topological polar surface area (TPSA) is 149 Å². The molecule has 0 bridgehead atoms. The summed E-state index contributed by atoms with van der Waals surface area (Å²) in [5.74, 6) is -0.138. The number of aliphatic hydroxyl groups is 5. The molecule has 0 aromatic heterocycles. The number of hydrogen-bond donors (Lipinski definition) is 6. The van der Waals surface area contributed by atoms with Crippen molar-refractivity contribution >= 4 is 5.91 Å². The van der Waals surface area contributed by atoms with Crippen LogP contribution in [0.4, 0.5) is 0 Å². The first-order valence-corrected chi connectivity index (χ1v) is 33.2. The lowest BCUT2D eigenvalue weighted by Crippen LogP contribution is -2.60. The van der Waals surface area contributed by atoms with Crippen LogP contribution in [0.15, 0.2) is 36.5 Å². The molecule has 76 heavy (non-hydrogen) atoms. The van der Waals surface area contributed by atoms with E-state index in [2.05, 4.69) is 55.6 Å². The number of carbonyl (C=O) groups excluding carboxylic acids is 1. The smallest absolute Gasteiger partial charge is 0.220 e.